The van der Waals surface area contributed by atoms with Crippen molar-refractivity contribution in [3.63, 3.8) is 0 Å². The summed E-state index contributed by atoms with van der Waals surface area (Å²) in [6.45, 7) is 9.07. The number of phenols is 2. The van der Waals surface area contributed by atoms with Gasteiger partial charge in [-0.2, -0.15) is 0 Å². The molecule has 0 fully saturated rings. The highest BCUT2D eigenvalue weighted by atomic mass is 31.2. The molecule has 0 amide bonds. The molecule has 2 rings (SSSR count). The fourth-order valence-electron chi connectivity index (χ4n) is 2.63. The number of phenolic OH excluding ortho intramolecular Hbond substituents is 2. The van der Waals surface area contributed by atoms with Gasteiger partial charge in [-0.25, -0.2) is 0 Å². The van der Waals surface area contributed by atoms with Gasteiger partial charge in [-0.15, -0.1) is 0 Å². The van der Waals surface area contributed by atoms with Crippen molar-refractivity contribution in [2.45, 2.75) is 52.6 Å². The number of anilines is 1. The molecule has 27 heavy (non-hydrogen) atoms. The third-order valence-electron chi connectivity index (χ3n) is 3.70. The highest BCUT2D eigenvalue weighted by Gasteiger charge is 2.40. The smallest absolute Gasteiger partial charge is 0.357 e. The number of aryl methyl sites for hydroxylation is 1. The molecule has 0 heterocycles. The van der Waals surface area contributed by atoms with Gasteiger partial charge >= 0.3 is 7.60 Å². The minimum absolute atomic E-state index is 0.0882. The minimum atomic E-state index is -3.74. The van der Waals surface area contributed by atoms with Crippen molar-refractivity contribution >= 4 is 13.3 Å². The molecule has 2 aromatic rings. The number of hydrogen-bond donors (Lipinski definition) is 3. The molecule has 0 aliphatic heterocycles. The quantitative estimate of drug-likeness (QED) is 0.509. The SMILES string of the molecule is Cc1ccc(NC(c2ccc(O)cc2O)P(=O)(OC(C)C)OC(C)C)cc1. The van der Waals surface area contributed by atoms with Gasteiger partial charge < -0.3 is 24.6 Å². The molecular weight excluding hydrogens is 365 g/mol. The molecule has 1 atom stereocenters. The molecule has 0 saturated heterocycles. The van der Waals surface area contributed by atoms with Crippen molar-refractivity contribution in [2.24, 2.45) is 0 Å². The Labute approximate surface area is 160 Å². The van der Waals surface area contributed by atoms with E-state index in [1.165, 1.54) is 18.2 Å². The zero-order chi connectivity index (χ0) is 20.2. The van der Waals surface area contributed by atoms with Crippen LogP contribution in [0.2, 0.25) is 0 Å². The number of nitrogens with one attached hydrogen (secondary N) is 1. The van der Waals surface area contributed by atoms with Gasteiger partial charge in [0.25, 0.3) is 0 Å². The van der Waals surface area contributed by atoms with E-state index < -0.39 is 13.4 Å². The maximum atomic E-state index is 13.8. The van der Waals surface area contributed by atoms with Crippen molar-refractivity contribution in [1.29, 1.82) is 0 Å². The van der Waals surface area contributed by atoms with Crippen LogP contribution < -0.4 is 5.32 Å². The Morgan fingerprint density at radius 1 is 0.926 bits per heavy atom. The lowest BCUT2D eigenvalue weighted by Gasteiger charge is -2.31. The van der Waals surface area contributed by atoms with E-state index >= 15 is 0 Å². The molecule has 1 unspecified atom stereocenters. The predicted molar refractivity (Wildman–Crippen MR) is 107 cm³/mol. The maximum Gasteiger partial charge on any atom is 0.357 e. The molecule has 0 radical (unpaired) electrons. The Hall–Kier alpha value is -2.01. The van der Waals surface area contributed by atoms with E-state index in [0.717, 1.165) is 5.56 Å². The van der Waals surface area contributed by atoms with E-state index in [9.17, 15) is 14.8 Å². The van der Waals surface area contributed by atoms with E-state index in [4.69, 9.17) is 9.05 Å². The number of hydrogen-bond acceptors (Lipinski definition) is 6. The fourth-order valence-corrected chi connectivity index (χ4v) is 4.97. The van der Waals surface area contributed by atoms with Crippen molar-refractivity contribution in [2.75, 3.05) is 5.32 Å². The molecule has 0 aliphatic rings. The van der Waals surface area contributed by atoms with Gasteiger partial charge in [0.15, 0.2) is 5.78 Å². The van der Waals surface area contributed by atoms with Crippen LogP contribution in [0.5, 0.6) is 11.5 Å². The highest BCUT2D eigenvalue weighted by molar-refractivity contribution is 7.54. The largest absolute Gasteiger partial charge is 0.508 e. The Balaban J connectivity index is 2.54. The van der Waals surface area contributed by atoms with Crippen LogP contribution in [0.4, 0.5) is 5.69 Å². The second kappa shape index (κ2) is 8.79. The van der Waals surface area contributed by atoms with Crippen LogP contribution in [-0.2, 0) is 13.6 Å². The molecule has 0 bridgehead atoms. The van der Waals surface area contributed by atoms with Gasteiger partial charge in [0.2, 0.25) is 0 Å². The summed E-state index contributed by atoms with van der Waals surface area (Å²) in [4.78, 5) is 0. The number of rotatable bonds is 8. The lowest BCUT2D eigenvalue weighted by atomic mass is 10.1. The Kier molecular flexibility index (Phi) is 6.93. The first-order valence-electron chi connectivity index (χ1n) is 8.92. The molecule has 148 valence electrons. The summed E-state index contributed by atoms with van der Waals surface area (Å²) in [5, 5.41) is 23.2. The van der Waals surface area contributed by atoms with Gasteiger partial charge in [-0.1, -0.05) is 17.7 Å². The Morgan fingerprint density at radius 2 is 1.48 bits per heavy atom. The van der Waals surface area contributed by atoms with Gasteiger partial charge in [0.05, 0.1) is 12.2 Å². The fraction of sp³-hybridized carbons (Fsp3) is 0.400. The molecular formula is C20H28NO5P. The third kappa shape index (κ3) is 5.73. The van der Waals surface area contributed by atoms with Crippen LogP contribution in [0.3, 0.4) is 0 Å². The summed E-state index contributed by atoms with van der Waals surface area (Å²) in [5.41, 5.74) is 2.11. The molecule has 0 saturated carbocycles. The monoisotopic (exact) mass is 393 g/mol. The molecule has 0 aliphatic carbocycles. The number of aromatic hydroxyl groups is 2. The number of benzene rings is 2. The van der Waals surface area contributed by atoms with Crippen molar-refractivity contribution < 1.29 is 23.8 Å². The first-order valence-corrected chi connectivity index (χ1v) is 10.5. The zero-order valence-corrected chi connectivity index (χ0v) is 17.2. The van der Waals surface area contributed by atoms with Crippen LogP contribution >= 0.6 is 7.60 Å². The van der Waals surface area contributed by atoms with Crippen LogP contribution in [0.1, 0.15) is 44.6 Å². The lowest BCUT2D eigenvalue weighted by molar-refractivity contribution is 0.137. The first-order chi connectivity index (χ1) is 12.6. The summed E-state index contributed by atoms with van der Waals surface area (Å²) in [6.07, 6.45) is -0.702. The molecule has 3 N–H and O–H groups in total. The standard InChI is InChI=1S/C20H28NO5P/c1-13(2)25-27(24,26-14(3)4)20(18-11-10-17(22)12-19(18)23)21-16-8-6-15(5)7-9-16/h6-14,20-23H,1-5H3. The van der Waals surface area contributed by atoms with E-state index in [-0.39, 0.29) is 23.7 Å². The van der Waals surface area contributed by atoms with Crippen LogP contribution in [0.15, 0.2) is 42.5 Å². The predicted octanol–water partition coefficient (Wildman–Crippen LogP) is 5.56. The van der Waals surface area contributed by atoms with Crippen LogP contribution in [-0.4, -0.2) is 22.4 Å². The van der Waals surface area contributed by atoms with E-state index in [0.29, 0.717) is 11.3 Å². The minimum Gasteiger partial charge on any atom is -0.508 e. The Bertz CT molecular complexity index is 791. The second-order valence-electron chi connectivity index (χ2n) is 7.00. The molecule has 2 aromatic carbocycles. The molecule has 0 spiro atoms. The van der Waals surface area contributed by atoms with Gasteiger partial charge in [-0.3, -0.25) is 4.57 Å². The second-order valence-corrected chi connectivity index (χ2v) is 9.02. The van der Waals surface area contributed by atoms with E-state index in [1.807, 2.05) is 31.2 Å². The van der Waals surface area contributed by atoms with Gasteiger partial charge in [0.1, 0.15) is 11.5 Å². The topological polar surface area (TPSA) is 88.0 Å². The Morgan fingerprint density at radius 3 is 1.96 bits per heavy atom. The van der Waals surface area contributed by atoms with Crippen molar-refractivity contribution in [3.05, 3.63) is 53.6 Å². The average molecular weight is 393 g/mol. The van der Waals surface area contributed by atoms with Crippen molar-refractivity contribution in [3.8, 4) is 11.5 Å². The summed E-state index contributed by atoms with van der Waals surface area (Å²) in [6, 6.07) is 11.7. The van der Waals surface area contributed by atoms with Crippen LogP contribution in [0, 0.1) is 6.92 Å². The highest BCUT2D eigenvalue weighted by Crippen LogP contribution is 2.63. The third-order valence-corrected chi connectivity index (χ3v) is 6.17. The maximum absolute atomic E-state index is 13.8. The van der Waals surface area contributed by atoms with Crippen LogP contribution in [0.25, 0.3) is 0 Å². The van der Waals surface area contributed by atoms with Gasteiger partial charge in [-0.05, 0) is 58.9 Å². The average Bonchev–Trinajstić information content (AvgIpc) is 2.53. The summed E-state index contributed by atoms with van der Waals surface area (Å²) in [5.74, 6) is -1.24. The summed E-state index contributed by atoms with van der Waals surface area (Å²) < 4.78 is 25.2. The summed E-state index contributed by atoms with van der Waals surface area (Å²) in [7, 11) is -3.74. The zero-order valence-electron chi connectivity index (χ0n) is 16.3. The summed E-state index contributed by atoms with van der Waals surface area (Å²) >= 11 is 0. The van der Waals surface area contributed by atoms with Crippen molar-refractivity contribution in [1.82, 2.24) is 0 Å². The normalized spacial score (nSPS) is 13.1. The molecule has 6 nitrogen and oxygen atoms in total. The molecule has 0 aromatic heterocycles. The molecule has 7 heteroatoms. The van der Waals surface area contributed by atoms with E-state index in [1.54, 1.807) is 27.7 Å². The lowest BCUT2D eigenvalue weighted by Crippen LogP contribution is -2.19. The van der Waals surface area contributed by atoms with E-state index in [2.05, 4.69) is 5.32 Å². The first kappa shape index (κ1) is 21.3. The van der Waals surface area contributed by atoms with Gasteiger partial charge in [0, 0.05) is 17.3 Å².